The van der Waals surface area contributed by atoms with E-state index in [0.717, 1.165) is 0 Å². The van der Waals surface area contributed by atoms with Crippen LogP contribution in [0, 0.1) is 0 Å². The lowest BCUT2D eigenvalue weighted by molar-refractivity contribution is 0.249. The van der Waals surface area contributed by atoms with E-state index in [2.05, 4.69) is 10.5 Å². The fourth-order valence-electron chi connectivity index (χ4n) is 2.01. The number of nitrogens with one attached hydrogen (secondary N) is 1. The summed E-state index contributed by atoms with van der Waals surface area (Å²) in [5.74, 6) is 1.00. The van der Waals surface area contributed by atoms with Crippen LogP contribution in [0.1, 0.15) is 18.1 Å². The molecule has 0 aliphatic rings. The van der Waals surface area contributed by atoms with Crippen LogP contribution in [0.5, 0.6) is 11.5 Å². The summed E-state index contributed by atoms with van der Waals surface area (Å²) in [6.45, 7) is 2.41. The van der Waals surface area contributed by atoms with Gasteiger partial charge in [-0.15, -0.1) is 0 Å². The van der Waals surface area contributed by atoms with Crippen molar-refractivity contribution in [2.24, 2.45) is 10.8 Å². The molecule has 0 radical (unpaired) electrons. The second-order valence-corrected chi connectivity index (χ2v) is 6.18. The van der Waals surface area contributed by atoms with Crippen molar-refractivity contribution in [2.45, 2.75) is 13.5 Å². The van der Waals surface area contributed by atoms with Crippen LogP contribution in [-0.2, 0) is 6.61 Å². The number of rotatable bonds is 7. The average Bonchev–Trinajstić information content (AvgIpc) is 2.60. The number of primary amides is 1. The van der Waals surface area contributed by atoms with Gasteiger partial charge < -0.3 is 15.2 Å². The van der Waals surface area contributed by atoms with Crippen molar-refractivity contribution in [3.63, 3.8) is 0 Å². The summed E-state index contributed by atoms with van der Waals surface area (Å²) >= 11 is 18.4. The van der Waals surface area contributed by atoms with Gasteiger partial charge in [-0.05, 0) is 42.8 Å². The van der Waals surface area contributed by atoms with Gasteiger partial charge in [0.05, 0.1) is 22.9 Å². The van der Waals surface area contributed by atoms with E-state index in [1.54, 1.807) is 30.3 Å². The van der Waals surface area contributed by atoms with E-state index in [-0.39, 0.29) is 6.61 Å². The molecule has 0 unspecified atom stereocenters. The number of urea groups is 1. The van der Waals surface area contributed by atoms with Crippen LogP contribution in [0.4, 0.5) is 4.79 Å². The van der Waals surface area contributed by atoms with Gasteiger partial charge in [-0.1, -0.05) is 34.8 Å². The molecule has 2 rings (SSSR count). The van der Waals surface area contributed by atoms with Gasteiger partial charge in [0, 0.05) is 10.6 Å². The number of hydrogen-bond donors (Lipinski definition) is 2. The highest BCUT2D eigenvalue weighted by Crippen LogP contribution is 2.34. The summed E-state index contributed by atoms with van der Waals surface area (Å²) in [6.07, 6.45) is 1.43. The normalized spacial score (nSPS) is 10.8. The molecule has 0 spiro atoms. The molecule has 0 bridgehead atoms. The number of halogens is 3. The third-order valence-electron chi connectivity index (χ3n) is 3.17. The Balaban J connectivity index is 2.20. The molecule has 0 fully saturated rings. The number of carbonyl (C=O) groups is 1. The van der Waals surface area contributed by atoms with Crippen molar-refractivity contribution < 1.29 is 14.3 Å². The Morgan fingerprint density at radius 3 is 2.58 bits per heavy atom. The fourth-order valence-corrected chi connectivity index (χ4v) is 2.67. The summed E-state index contributed by atoms with van der Waals surface area (Å²) in [5.41, 5.74) is 8.34. The average molecular weight is 417 g/mol. The Morgan fingerprint density at radius 2 is 1.88 bits per heavy atom. The van der Waals surface area contributed by atoms with E-state index in [4.69, 9.17) is 50.0 Å². The lowest BCUT2D eigenvalue weighted by atomic mass is 10.2. The summed E-state index contributed by atoms with van der Waals surface area (Å²) in [4.78, 5) is 10.6. The van der Waals surface area contributed by atoms with Gasteiger partial charge in [-0.25, -0.2) is 10.2 Å². The zero-order chi connectivity index (χ0) is 19.1. The van der Waals surface area contributed by atoms with E-state index in [1.807, 2.05) is 6.92 Å². The van der Waals surface area contributed by atoms with Crippen LogP contribution in [0.3, 0.4) is 0 Å². The predicted molar refractivity (Wildman–Crippen MR) is 104 cm³/mol. The van der Waals surface area contributed by atoms with E-state index in [1.165, 1.54) is 6.21 Å². The fraction of sp³-hybridized carbons (Fsp3) is 0.176. The Labute approximate surface area is 165 Å². The van der Waals surface area contributed by atoms with Gasteiger partial charge in [-0.3, -0.25) is 0 Å². The lowest BCUT2D eigenvalue weighted by Crippen LogP contribution is -2.24. The standard InChI is InChI=1S/C17H16Cl3N3O3/c1-2-25-15-7-10(8-22-23-17(21)24)3-6-14(15)26-9-11-12(18)4-5-13(19)16(11)20/h3-8H,2,9H2,1H3,(H3,21,23,24)/b22-8+. The van der Waals surface area contributed by atoms with Crippen molar-refractivity contribution in [2.75, 3.05) is 6.61 Å². The maximum Gasteiger partial charge on any atom is 0.332 e. The van der Waals surface area contributed by atoms with Crippen molar-refractivity contribution in [3.8, 4) is 11.5 Å². The molecule has 0 atom stereocenters. The monoisotopic (exact) mass is 415 g/mol. The number of amides is 2. The molecule has 0 aliphatic carbocycles. The molecular weight excluding hydrogens is 401 g/mol. The first-order valence-electron chi connectivity index (χ1n) is 7.53. The Hall–Kier alpha value is -2.15. The van der Waals surface area contributed by atoms with Gasteiger partial charge in [0.2, 0.25) is 0 Å². The van der Waals surface area contributed by atoms with E-state index in [0.29, 0.717) is 44.3 Å². The van der Waals surface area contributed by atoms with Crippen LogP contribution in [0.2, 0.25) is 15.1 Å². The molecule has 2 amide bonds. The van der Waals surface area contributed by atoms with Crippen LogP contribution < -0.4 is 20.6 Å². The largest absolute Gasteiger partial charge is 0.490 e. The molecule has 138 valence electrons. The quantitative estimate of drug-likeness (QED) is 0.392. The van der Waals surface area contributed by atoms with E-state index >= 15 is 0 Å². The van der Waals surface area contributed by atoms with Crippen molar-refractivity contribution in [1.29, 1.82) is 0 Å². The van der Waals surface area contributed by atoms with Crippen molar-refractivity contribution >= 4 is 47.0 Å². The molecule has 2 aromatic carbocycles. The predicted octanol–water partition coefficient (Wildman–Crippen LogP) is 4.63. The SMILES string of the molecule is CCOc1cc(/C=N/NC(N)=O)ccc1OCc1c(Cl)ccc(Cl)c1Cl. The Bertz CT molecular complexity index is 828. The summed E-state index contributed by atoms with van der Waals surface area (Å²) in [7, 11) is 0. The van der Waals surface area contributed by atoms with Crippen LogP contribution in [-0.4, -0.2) is 18.9 Å². The molecule has 0 aromatic heterocycles. The zero-order valence-electron chi connectivity index (χ0n) is 13.8. The molecular formula is C17H16Cl3N3O3. The molecule has 0 aliphatic heterocycles. The first-order valence-corrected chi connectivity index (χ1v) is 8.66. The minimum absolute atomic E-state index is 0.120. The molecule has 6 nitrogen and oxygen atoms in total. The van der Waals surface area contributed by atoms with Crippen LogP contribution >= 0.6 is 34.8 Å². The van der Waals surface area contributed by atoms with Crippen molar-refractivity contribution in [1.82, 2.24) is 5.43 Å². The van der Waals surface area contributed by atoms with E-state index in [9.17, 15) is 4.79 Å². The molecule has 9 heteroatoms. The second kappa shape index (κ2) is 9.52. The zero-order valence-corrected chi connectivity index (χ0v) is 16.0. The highest BCUT2D eigenvalue weighted by Gasteiger charge is 2.12. The number of hydrogen-bond acceptors (Lipinski definition) is 4. The van der Waals surface area contributed by atoms with Gasteiger partial charge in [0.15, 0.2) is 11.5 Å². The maximum absolute atomic E-state index is 10.6. The van der Waals surface area contributed by atoms with Crippen molar-refractivity contribution in [3.05, 3.63) is 56.5 Å². The van der Waals surface area contributed by atoms with Gasteiger partial charge in [0.1, 0.15) is 6.61 Å². The molecule has 0 saturated carbocycles. The second-order valence-electron chi connectivity index (χ2n) is 4.98. The molecule has 3 N–H and O–H groups in total. The number of nitrogens with zero attached hydrogens (tertiary/aromatic N) is 1. The van der Waals surface area contributed by atoms with Gasteiger partial charge in [0.25, 0.3) is 0 Å². The first kappa shape index (κ1) is 20.2. The number of nitrogens with two attached hydrogens (primary N) is 1. The first-order chi connectivity index (χ1) is 12.4. The maximum atomic E-state index is 10.6. The number of carbonyl (C=O) groups excluding carboxylic acids is 1. The minimum atomic E-state index is -0.749. The summed E-state index contributed by atoms with van der Waals surface area (Å²) < 4.78 is 11.4. The Kier molecular flexibility index (Phi) is 7.38. The van der Waals surface area contributed by atoms with E-state index < -0.39 is 6.03 Å². The Morgan fingerprint density at radius 1 is 1.15 bits per heavy atom. The third kappa shape index (κ3) is 5.42. The number of ether oxygens (including phenoxy) is 2. The lowest BCUT2D eigenvalue weighted by Gasteiger charge is -2.14. The molecule has 2 aromatic rings. The van der Waals surface area contributed by atoms with Crippen LogP contribution in [0.15, 0.2) is 35.4 Å². The molecule has 0 saturated heterocycles. The van der Waals surface area contributed by atoms with Gasteiger partial charge >= 0.3 is 6.03 Å². The number of hydrazone groups is 1. The third-order valence-corrected chi connectivity index (χ3v) is 4.36. The molecule has 26 heavy (non-hydrogen) atoms. The van der Waals surface area contributed by atoms with Gasteiger partial charge in [-0.2, -0.15) is 5.10 Å². The number of benzene rings is 2. The molecule has 0 heterocycles. The summed E-state index contributed by atoms with van der Waals surface area (Å²) in [6, 6.07) is 7.70. The van der Waals surface area contributed by atoms with Crippen LogP contribution in [0.25, 0.3) is 0 Å². The topological polar surface area (TPSA) is 85.9 Å². The summed E-state index contributed by atoms with van der Waals surface area (Å²) in [5, 5.41) is 4.90. The minimum Gasteiger partial charge on any atom is -0.490 e. The highest BCUT2D eigenvalue weighted by molar-refractivity contribution is 6.44. The highest BCUT2D eigenvalue weighted by atomic mass is 35.5. The smallest absolute Gasteiger partial charge is 0.332 e.